The van der Waals surface area contributed by atoms with Crippen molar-refractivity contribution < 1.29 is 13.2 Å². The van der Waals surface area contributed by atoms with Crippen molar-refractivity contribution in [2.45, 2.75) is 50.2 Å². The zero-order valence-corrected chi connectivity index (χ0v) is 12.5. The van der Waals surface area contributed by atoms with Crippen molar-refractivity contribution in [2.24, 2.45) is 5.73 Å². The van der Waals surface area contributed by atoms with Crippen LogP contribution in [-0.2, 0) is 21.3 Å². The summed E-state index contributed by atoms with van der Waals surface area (Å²) in [6.45, 7) is 2.39. The summed E-state index contributed by atoms with van der Waals surface area (Å²) in [6, 6.07) is 0. The van der Waals surface area contributed by atoms with Crippen molar-refractivity contribution in [1.29, 1.82) is 0 Å². The Kier molecular flexibility index (Phi) is 5.14. The Morgan fingerprint density at radius 1 is 1.45 bits per heavy atom. The van der Waals surface area contributed by atoms with Gasteiger partial charge in [0.1, 0.15) is 4.90 Å². The SMILES string of the molecule is Cc1[nH]nc(CN)c1S(=O)(=O)NCCOC1CCCC1. The molecule has 0 unspecified atom stereocenters. The number of nitrogens with two attached hydrogens (primary N) is 1. The van der Waals surface area contributed by atoms with Crippen LogP contribution in [0.3, 0.4) is 0 Å². The average Bonchev–Trinajstić information content (AvgIpc) is 3.03. The summed E-state index contributed by atoms with van der Waals surface area (Å²) in [5, 5.41) is 6.54. The van der Waals surface area contributed by atoms with Gasteiger partial charge in [-0.2, -0.15) is 5.10 Å². The van der Waals surface area contributed by atoms with E-state index in [1.807, 2.05) is 0 Å². The van der Waals surface area contributed by atoms with Gasteiger partial charge in [-0.25, -0.2) is 13.1 Å². The number of ether oxygens (including phenoxy) is 1. The molecule has 0 saturated heterocycles. The molecule has 1 aromatic rings. The number of rotatable bonds is 7. The fourth-order valence-electron chi connectivity index (χ4n) is 2.49. The van der Waals surface area contributed by atoms with Gasteiger partial charge in [-0.1, -0.05) is 12.8 Å². The molecule has 7 nitrogen and oxygen atoms in total. The van der Waals surface area contributed by atoms with Crippen LogP contribution in [0.1, 0.15) is 37.1 Å². The van der Waals surface area contributed by atoms with Crippen LogP contribution in [0.5, 0.6) is 0 Å². The van der Waals surface area contributed by atoms with Crippen molar-refractivity contribution >= 4 is 10.0 Å². The van der Waals surface area contributed by atoms with E-state index in [2.05, 4.69) is 14.9 Å². The van der Waals surface area contributed by atoms with E-state index in [4.69, 9.17) is 10.5 Å². The molecule has 0 aromatic carbocycles. The first-order valence-corrected chi connectivity index (χ1v) is 8.38. The van der Waals surface area contributed by atoms with Crippen LogP contribution in [-0.4, -0.2) is 37.9 Å². The summed E-state index contributed by atoms with van der Waals surface area (Å²) in [6.07, 6.45) is 4.83. The predicted molar refractivity (Wildman–Crippen MR) is 74.6 cm³/mol. The maximum atomic E-state index is 12.2. The molecule has 20 heavy (non-hydrogen) atoms. The minimum atomic E-state index is -3.59. The summed E-state index contributed by atoms with van der Waals surface area (Å²) >= 11 is 0. The van der Waals surface area contributed by atoms with E-state index in [0.29, 0.717) is 18.0 Å². The molecule has 0 radical (unpaired) electrons. The fourth-order valence-corrected chi connectivity index (χ4v) is 3.88. The molecule has 1 fully saturated rings. The lowest BCUT2D eigenvalue weighted by Gasteiger charge is -2.12. The third-order valence-electron chi connectivity index (χ3n) is 3.47. The first kappa shape index (κ1) is 15.4. The maximum Gasteiger partial charge on any atom is 0.244 e. The van der Waals surface area contributed by atoms with Crippen LogP contribution in [0.15, 0.2) is 4.90 Å². The first-order chi connectivity index (χ1) is 9.54. The van der Waals surface area contributed by atoms with E-state index in [9.17, 15) is 8.42 Å². The number of hydrogen-bond acceptors (Lipinski definition) is 5. The molecule has 2 rings (SSSR count). The summed E-state index contributed by atoms with van der Waals surface area (Å²) in [5.74, 6) is 0. The second-order valence-corrected chi connectivity index (χ2v) is 6.71. The Morgan fingerprint density at radius 2 is 2.15 bits per heavy atom. The van der Waals surface area contributed by atoms with Gasteiger partial charge in [-0.15, -0.1) is 0 Å². The molecule has 114 valence electrons. The van der Waals surface area contributed by atoms with Gasteiger partial charge >= 0.3 is 0 Å². The molecule has 1 aliphatic carbocycles. The Balaban J connectivity index is 1.88. The molecule has 4 N–H and O–H groups in total. The number of aromatic amines is 1. The minimum Gasteiger partial charge on any atom is -0.377 e. The zero-order valence-electron chi connectivity index (χ0n) is 11.7. The standard InChI is InChI=1S/C12H22N4O3S/c1-9-12(11(8-13)16-15-9)20(17,18)14-6-7-19-10-4-2-3-5-10/h10,14H,2-8,13H2,1H3,(H,15,16). The van der Waals surface area contributed by atoms with Crippen molar-refractivity contribution in [3.8, 4) is 0 Å². The van der Waals surface area contributed by atoms with Crippen LogP contribution >= 0.6 is 0 Å². The van der Waals surface area contributed by atoms with Gasteiger partial charge in [-0.05, 0) is 19.8 Å². The van der Waals surface area contributed by atoms with Gasteiger partial charge < -0.3 is 10.5 Å². The van der Waals surface area contributed by atoms with Gasteiger partial charge in [0.05, 0.1) is 24.1 Å². The van der Waals surface area contributed by atoms with Crippen molar-refractivity contribution in [2.75, 3.05) is 13.2 Å². The maximum absolute atomic E-state index is 12.2. The van der Waals surface area contributed by atoms with E-state index in [1.54, 1.807) is 6.92 Å². The minimum absolute atomic E-state index is 0.0825. The zero-order chi connectivity index (χ0) is 14.6. The first-order valence-electron chi connectivity index (χ1n) is 6.90. The Bertz CT molecular complexity index is 535. The van der Waals surface area contributed by atoms with E-state index in [1.165, 1.54) is 12.8 Å². The lowest BCUT2D eigenvalue weighted by molar-refractivity contribution is 0.0626. The molecule has 0 aliphatic heterocycles. The van der Waals surface area contributed by atoms with E-state index in [-0.39, 0.29) is 24.1 Å². The second-order valence-electron chi connectivity index (χ2n) is 5.00. The number of nitrogens with zero attached hydrogens (tertiary/aromatic N) is 1. The monoisotopic (exact) mass is 302 g/mol. The summed E-state index contributed by atoms with van der Waals surface area (Å²) < 4.78 is 32.6. The van der Waals surface area contributed by atoms with Crippen molar-refractivity contribution in [1.82, 2.24) is 14.9 Å². The van der Waals surface area contributed by atoms with Gasteiger partial charge in [0.2, 0.25) is 10.0 Å². The summed E-state index contributed by atoms with van der Waals surface area (Å²) in [7, 11) is -3.59. The quantitative estimate of drug-likeness (QED) is 0.632. The van der Waals surface area contributed by atoms with Crippen LogP contribution in [0.4, 0.5) is 0 Å². The molecule has 0 bridgehead atoms. The second kappa shape index (κ2) is 6.66. The molecule has 0 atom stereocenters. The van der Waals surface area contributed by atoms with Crippen LogP contribution in [0, 0.1) is 6.92 Å². The molecule has 1 aliphatic rings. The van der Waals surface area contributed by atoms with E-state index >= 15 is 0 Å². The third-order valence-corrected chi connectivity index (χ3v) is 5.14. The number of aromatic nitrogens is 2. The van der Waals surface area contributed by atoms with Gasteiger partial charge in [-0.3, -0.25) is 5.10 Å². The molecule has 8 heteroatoms. The molecule has 1 aromatic heterocycles. The largest absolute Gasteiger partial charge is 0.377 e. The number of aryl methyl sites for hydroxylation is 1. The average molecular weight is 302 g/mol. The highest BCUT2D eigenvalue weighted by Crippen LogP contribution is 2.20. The molecule has 1 heterocycles. The Morgan fingerprint density at radius 3 is 2.80 bits per heavy atom. The van der Waals surface area contributed by atoms with E-state index < -0.39 is 10.0 Å². The Hall–Kier alpha value is -0.960. The summed E-state index contributed by atoms with van der Waals surface area (Å²) in [5.41, 5.74) is 6.35. The molecular weight excluding hydrogens is 280 g/mol. The predicted octanol–water partition coefficient (Wildman–Crippen LogP) is 0.414. The third kappa shape index (κ3) is 3.57. The highest BCUT2D eigenvalue weighted by atomic mass is 32.2. The smallest absolute Gasteiger partial charge is 0.244 e. The van der Waals surface area contributed by atoms with E-state index in [0.717, 1.165) is 12.8 Å². The van der Waals surface area contributed by atoms with Crippen LogP contribution < -0.4 is 10.5 Å². The number of H-pyrrole nitrogens is 1. The normalized spacial score (nSPS) is 16.9. The lowest BCUT2D eigenvalue weighted by Crippen LogP contribution is -2.29. The Labute approximate surface area is 119 Å². The van der Waals surface area contributed by atoms with Crippen LogP contribution in [0.2, 0.25) is 0 Å². The summed E-state index contributed by atoms with van der Waals surface area (Å²) in [4.78, 5) is 0.154. The highest BCUT2D eigenvalue weighted by Gasteiger charge is 2.23. The molecule has 1 saturated carbocycles. The number of sulfonamides is 1. The van der Waals surface area contributed by atoms with Crippen LogP contribution in [0.25, 0.3) is 0 Å². The van der Waals surface area contributed by atoms with Gasteiger partial charge in [0.25, 0.3) is 0 Å². The topological polar surface area (TPSA) is 110 Å². The lowest BCUT2D eigenvalue weighted by atomic mass is 10.3. The number of nitrogens with one attached hydrogen (secondary N) is 2. The highest BCUT2D eigenvalue weighted by molar-refractivity contribution is 7.89. The molecule has 0 spiro atoms. The molecular formula is C12H22N4O3S. The molecule has 0 amide bonds. The van der Waals surface area contributed by atoms with Gasteiger partial charge in [0, 0.05) is 13.1 Å². The van der Waals surface area contributed by atoms with Gasteiger partial charge in [0.15, 0.2) is 0 Å². The van der Waals surface area contributed by atoms with Crippen molar-refractivity contribution in [3.63, 3.8) is 0 Å². The van der Waals surface area contributed by atoms with Crippen molar-refractivity contribution in [3.05, 3.63) is 11.4 Å². The fraction of sp³-hybridized carbons (Fsp3) is 0.750. The number of hydrogen-bond donors (Lipinski definition) is 3.